The zero-order valence-electron chi connectivity index (χ0n) is 16.5. The molecular weight excluding hydrogens is 412 g/mol. The number of carbonyl (C=O) groups is 3. The van der Waals surface area contributed by atoms with Crippen molar-refractivity contribution in [3.05, 3.63) is 59.7 Å². The lowest BCUT2D eigenvalue weighted by Gasteiger charge is -2.09. The monoisotopic (exact) mass is 434 g/mol. The van der Waals surface area contributed by atoms with Gasteiger partial charge < -0.3 is 14.8 Å². The number of esters is 2. The molecule has 10 heteroatoms. The molecule has 0 aromatic heterocycles. The molecule has 0 aliphatic rings. The van der Waals surface area contributed by atoms with E-state index >= 15 is 0 Å². The van der Waals surface area contributed by atoms with Crippen LogP contribution < -0.4 is 10.0 Å². The van der Waals surface area contributed by atoms with Gasteiger partial charge in [-0.1, -0.05) is 12.1 Å². The lowest BCUT2D eigenvalue weighted by molar-refractivity contribution is -0.144. The maximum absolute atomic E-state index is 12.2. The molecule has 0 heterocycles. The molecule has 0 atom stereocenters. The van der Waals surface area contributed by atoms with Gasteiger partial charge >= 0.3 is 11.9 Å². The molecule has 2 rings (SSSR count). The Morgan fingerprint density at radius 3 is 2.17 bits per heavy atom. The van der Waals surface area contributed by atoms with Gasteiger partial charge in [-0.05, 0) is 42.0 Å². The predicted molar refractivity (Wildman–Crippen MR) is 108 cm³/mol. The van der Waals surface area contributed by atoms with Gasteiger partial charge in [0.1, 0.15) is 6.61 Å². The summed E-state index contributed by atoms with van der Waals surface area (Å²) in [7, 11) is -2.51. The Morgan fingerprint density at radius 1 is 0.967 bits per heavy atom. The van der Waals surface area contributed by atoms with Crippen molar-refractivity contribution in [1.82, 2.24) is 4.72 Å². The first-order valence-corrected chi connectivity index (χ1v) is 10.4. The highest BCUT2D eigenvalue weighted by molar-refractivity contribution is 7.89. The van der Waals surface area contributed by atoms with Crippen LogP contribution in [0.1, 0.15) is 29.3 Å². The molecule has 160 valence electrons. The standard InChI is InChI=1S/C20H22N2O7S/c1-14(23)22-17-7-9-18(10-8-17)30(26,27)21-12-11-19(24)29-13-15-3-5-16(6-4-15)20(25)28-2/h3-10,21H,11-13H2,1-2H3,(H,22,23). The summed E-state index contributed by atoms with van der Waals surface area (Å²) >= 11 is 0. The molecule has 0 aliphatic carbocycles. The van der Waals surface area contributed by atoms with E-state index in [0.717, 1.165) is 0 Å². The molecule has 2 aromatic rings. The third-order valence-corrected chi connectivity index (χ3v) is 5.36. The number of amides is 1. The Hall–Kier alpha value is -3.24. The maximum atomic E-state index is 12.2. The molecule has 0 spiro atoms. The van der Waals surface area contributed by atoms with Crippen molar-refractivity contribution in [2.75, 3.05) is 19.0 Å². The maximum Gasteiger partial charge on any atom is 0.337 e. The molecule has 1 amide bonds. The van der Waals surface area contributed by atoms with E-state index in [2.05, 4.69) is 14.8 Å². The summed E-state index contributed by atoms with van der Waals surface area (Å²) < 4.78 is 36.5. The highest BCUT2D eigenvalue weighted by Gasteiger charge is 2.15. The minimum absolute atomic E-state index is 0.00233. The number of ether oxygens (including phenoxy) is 2. The fourth-order valence-corrected chi connectivity index (χ4v) is 3.41. The SMILES string of the molecule is COC(=O)c1ccc(COC(=O)CCNS(=O)(=O)c2ccc(NC(C)=O)cc2)cc1. The highest BCUT2D eigenvalue weighted by atomic mass is 32.2. The molecule has 0 unspecified atom stereocenters. The average molecular weight is 434 g/mol. The van der Waals surface area contributed by atoms with E-state index in [0.29, 0.717) is 16.8 Å². The van der Waals surface area contributed by atoms with Crippen molar-refractivity contribution >= 4 is 33.6 Å². The number of nitrogens with one attached hydrogen (secondary N) is 2. The number of carbonyl (C=O) groups excluding carboxylic acids is 3. The number of benzene rings is 2. The molecule has 0 aliphatic heterocycles. The van der Waals surface area contributed by atoms with Gasteiger partial charge in [-0.25, -0.2) is 17.9 Å². The lowest BCUT2D eigenvalue weighted by Crippen LogP contribution is -2.26. The molecule has 0 bridgehead atoms. The van der Waals surface area contributed by atoms with E-state index in [1.807, 2.05) is 0 Å². The summed E-state index contributed by atoms with van der Waals surface area (Å²) in [5.74, 6) is -1.30. The van der Waals surface area contributed by atoms with Gasteiger partial charge in [-0.3, -0.25) is 9.59 Å². The van der Waals surface area contributed by atoms with E-state index in [9.17, 15) is 22.8 Å². The van der Waals surface area contributed by atoms with E-state index in [4.69, 9.17) is 4.74 Å². The van der Waals surface area contributed by atoms with Gasteiger partial charge in [0.05, 0.1) is 24.0 Å². The fourth-order valence-electron chi connectivity index (χ4n) is 2.38. The van der Waals surface area contributed by atoms with Crippen LogP contribution in [-0.2, 0) is 35.7 Å². The molecule has 0 saturated heterocycles. The minimum Gasteiger partial charge on any atom is -0.465 e. The third kappa shape index (κ3) is 6.98. The van der Waals surface area contributed by atoms with Crippen LogP contribution in [0, 0.1) is 0 Å². The van der Waals surface area contributed by atoms with Gasteiger partial charge in [0, 0.05) is 19.2 Å². The fraction of sp³-hybridized carbons (Fsp3) is 0.250. The van der Waals surface area contributed by atoms with Gasteiger partial charge in [0.25, 0.3) is 0 Å². The molecular formula is C20H22N2O7S. The first-order chi connectivity index (χ1) is 14.2. The van der Waals surface area contributed by atoms with Crippen LogP contribution in [0.15, 0.2) is 53.4 Å². The summed E-state index contributed by atoms with van der Waals surface area (Å²) in [6.07, 6.45) is -0.149. The van der Waals surface area contributed by atoms with E-state index in [1.54, 1.807) is 24.3 Å². The van der Waals surface area contributed by atoms with Crippen molar-refractivity contribution in [1.29, 1.82) is 0 Å². The summed E-state index contributed by atoms with van der Waals surface area (Å²) in [6.45, 7) is 1.22. The highest BCUT2D eigenvalue weighted by Crippen LogP contribution is 2.14. The molecule has 9 nitrogen and oxygen atoms in total. The second-order valence-electron chi connectivity index (χ2n) is 6.20. The van der Waals surface area contributed by atoms with Gasteiger partial charge in [-0.2, -0.15) is 0 Å². The van der Waals surface area contributed by atoms with Crippen molar-refractivity contribution < 1.29 is 32.3 Å². The molecule has 30 heavy (non-hydrogen) atoms. The molecule has 0 radical (unpaired) electrons. The van der Waals surface area contributed by atoms with Crippen LogP contribution in [0.4, 0.5) is 5.69 Å². The number of hydrogen-bond donors (Lipinski definition) is 2. The van der Waals surface area contributed by atoms with Gasteiger partial charge in [0.15, 0.2) is 0 Å². The Bertz CT molecular complexity index is 1000. The molecule has 0 saturated carbocycles. The number of rotatable bonds is 9. The van der Waals surface area contributed by atoms with Crippen LogP contribution in [0.2, 0.25) is 0 Å². The smallest absolute Gasteiger partial charge is 0.337 e. The zero-order valence-corrected chi connectivity index (χ0v) is 17.3. The second kappa shape index (κ2) is 10.5. The minimum atomic E-state index is -3.80. The number of methoxy groups -OCH3 is 1. The number of sulfonamides is 1. The number of anilines is 1. The van der Waals surface area contributed by atoms with Gasteiger partial charge in [0.2, 0.25) is 15.9 Å². The van der Waals surface area contributed by atoms with Crippen molar-refractivity contribution in [3.8, 4) is 0 Å². The van der Waals surface area contributed by atoms with Crippen LogP contribution >= 0.6 is 0 Å². The largest absolute Gasteiger partial charge is 0.465 e. The normalized spacial score (nSPS) is 10.9. The van der Waals surface area contributed by atoms with Crippen molar-refractivity contribution in [3.63, 3.8) is 0 Å². The average Bonchev–Trinajstić information content (AvgIpc) is 2.72. The summed E-state index contributed by atoms with van der Waals surface area (Å²) in [6, 6.07) is 12.0. The lowest BCUT2D eigenvalue weighted by atomic mass is 10.1. The molecule has 2 aromatic carbocycles. The van der Waals surface area contributed by atoms with E-state index < -0.39 is 22.0 Å². The molecule has 0 fully saturated rings. The van der Waals surface area contributed by atoms with E-state index in [-0.39, 0.29) is 30.4 Å². The van der Waals surface area contributed by atoms with Crippen LogP contribution in [-0.4, -0.2) is 39.9 Å². The zero-order chi connectivity index (χ0) is 22.1. The second-order valence-corrected chi connectivity index (χ2v) is 7.97. The summed E-state index contributed by atoms with van der Waals surface area (Å²) in [5.41, 5.74) is 1.53. The van der Waals surface area contributed by atoms with Crippen LogP contribution in [0.25, 0.3) is 0 Å². The van der Waals surface area contributed by atoms with Crippen LogP contribution in [0.3, 0.4) is 0 Å². The van der Waals surface area contributed by atoms with Gasteiger partial charge in [-0.15, -0.1) is 0 Å². The van der Waals surface area contributed by atoms with Crippen molar-refractivity contribution in [2.24, 2.45) is 0 Å². The first kappa shape index (κ1) is 23.0. The van der Waals surface area contributed by atoms with Crippen molar-refractivity contribution in [2.45, 2.75) is 24.8 Å². The van der Waals surface area contributed by atoms with Crippen LogP contribution in [0.5, 0.6) is 0 Å². The Balaban J connectivity index is 1.79. The topological polar surface area (TPSA) is 128 Å². The Morgan fingerprint density at radius 2 is 1.60 bits per heavy atom. The summed E-state index contributed by atoms with van der Waals surface area (Å²) in [4.78, 5) is 34.2. The Labute approximate surface area is 174 Å². The van der Waals surface area contributed by atoms with E-state index in [1.165, 1.54) is 38.3 Å². The number of hydrogen-bond acceptors (Lipinski definition) is 7. The third-order valence-electron chi connectivity index (χ3n) is 3.88. The molecule has 2 N–H and O–H groups in total. The predicted octanol–water partition coefficient (Wildman–Crippen LogP) is 1.84. The first-order valence-electron chi connectivity index (χ1n) is 8.91. The Kier molecular flexibility index (Phi) is 8.07. The summed E-state index contributed by atoms with van der Waals surface area (Å²) in [5, 5.41) is 2.54. The quantitative estimate of drug-likeness (QED) is 0.576.